The first-order valence-electron chi connectivity index (χ1n) is 6.60. The monoisotopic (exact) mass is 338 g/mol. The highest BCUT2D eigenvalue weighted by molar-refractivity contribution is 9.09. The van der Waals surface area contributed by atoms with Crippen molar-refractivity contribution in [2.45, 2.75) is 31.0 Å². The molecule has 0 aliphatic heterocycles. The Balaban J connectivity index is 2.08. The van der Waals surface area contributed by atoms with Crippen LogP contribution in [0.15, 0.2) is 35.7 Å². The van der Waals surface area contributed by atoms with Gasteiger partial charge < -0.3 is 4.74 Å². The molecule has 102 valence electrons. The van der Waals surface area contributed by atoms with Crippen molar-refractivity contribution < 1.29 is 4.74 Å². The Morgan fingerprint density at radius 1 is 1.26 bits per heavy atom. The van der Waals surface area contributed by atoms with Crippen molar-refractivity contribution in [1.82, 2.24) is 0 Å². The second kappa shape index (κ2) is 7.11. The number of hydrogen-bond donors (Lipinski definition) is 0. The van der Waals surface area contributed by atoms with Crippen molar-refractivity contribution in [2.24, 2.45) is 0 Å². The minimum atomic E-state index is 0.252. The molecular weight excluding hydrogens is 320 g/mol. The zero-order chi connectivity index (χ0) is 13.7. The molecule has 1 atom stereocenters. The van der Waals surface area contributed by atoms with Crippen LogP contribution in [0.25, 0.3) is 0 Å². The normalized spacial score (nSPS) is 12.4. The third-order valence-corrected chi connectivity index (χ3v) is 5.47. The maximum Gasteiger partial charge on any atom is 0.129 e. The third kappa shape index (κ3) is 3.83. The van der Waals surface area contributed by atoms with Gasteiger partial charge in [0.05, 0.1) is 11.9 Å². The predicted molar refractivity (Wildman–Crippen MR) is 86.7 cm³/mol. The van der Waals surface area contributed by atoms with Crippen LogP contribution in [0.1, 0.15) is 40.6 Å². The van der Waals surface area contributed by atoms with Crippen molar-refractivity contribution in [1.29, 1.82) is 0 Å². The Bertz CT molecular complexity index is 504. The Labute approximate surface area is 127 Å². The second-order valence-corrected chi connectivity index (χ2v) is 6.46. The van der Waals surface area contributed by atoms with Gasteiger partial charge in [-0.15, -0.1) is 11.3 Å². The van der Waals surface area contributed by atoms with E-state index >= 15 is 0 Å². The number of unbranched alkanes of at least 4 members (excludes halogenated alkanes) is 1. The van der Waals surface area contributed by atoms with Gasteiger partial charge in [-0.2, -0.15) is 0 Å². The Morgan fingerprint density at radius 3 is 2.58 bits per heavy atom. The molecule has 3 heteroatoms. The summed E-state index contributed by atoms with van der Waals surface area (Å²) in [6, 6.07) is 11.0. The summed E-state index contributed by atoms with van der Waals surface area (Å²) in [7, 11) is 1.71. The second-order valence-electron chi connectivity index (χ2n) is 4.60. The van der Waals surface area contributed by atoms with E-state index in [1.165, 1.54) is 35.3 Å². The number of alkyl halides is 1. The van der Waals surface area contributed by atoms with Crippen molar-refractivity contribution in [3.8, 4) is 5.75 Å². The van der Waals surface area contributed by atoms with Gasteiger partial charge in [0.1, 0.15) is 5.75 Å². The zero-order valence-electron chi connectivity index (χ0n) is 11.4. The smallest absolute Gasteiger partial charge is 0.129 e. The van der Waals surface area contributed by atoms with Crippen LogP contribution in [-0.4, -0.2) is 7.11 Å². The van der Waals surface area contributed by atoms with Gasteiger partial charge in [-0.3, -0.25) is 0 Å². The molecule has 2 aromatic rings. The summed E-state index contributed by atoms with van der Waals surface area (Å²) in [4.78, 5) is 1.53. The van der Waals surface area contributed by atoms with Crippen molar-refractivity contribution >= 4 is 27.3 Å². The largest absolute Gasteiger partial charge is 0.496 e. The zero-order valence-corrected chi connectivity index (χ0v) is 13.8. The number of thiophene rings is 1. The number of aryl methyl sites for hydroxylation is 1. The van der Waals surface area contributed by atoms with Crippen LogP contribution >= 0.6 is 27.3 Å². The number of methoxy groups -OCH3 is 1. The Hall–Kier alpha value is -0.800. The minimum Gasteiger partial charge on any atom is -0.496 e. The van der Waals surface area contributed by atoms with E-state index in [0.717, 1.165) is 5.75 Å². The van der Waals surface area contributed by atoms with Crippen molar-refractivity contribution in [2.75, 3.05) is 7.11 Å². The molecule has 2 rings (SSSR count). The molecular formula is C16H19BrOS. The van der Waals surface area contributed by atoms with Crippen molar-refractivity contribution in [3.05, 3.63) is 51.7 Å². The first kappa shape index (κ1) is 14.6. The predicted octanol–water partition coefficient (Wildman–Crippen LogP) is 5.58. The summed E-state index contributed by atoms with van der Waals surface area (Å²) >= 11 is 5.49. The van der Waals surface area contributed by atoms with Gasteiger partial charge in [-0.25, -0.2) is 0 Å². The lowest BCUT2D eigenvalue weighted by Crippen LogP contribution is -1.91. The molecule has 0 N–H and O–H groups in total. The summed E-state index contributed by atoms with van der Waals surface area (Å²) in [6.45, 7) is 2.23. The first-order chi connectivity index (χ1) is 9.24. The van der Waals surface area contributed by atoms with Gasteiger partial charge in [0, 0.05) is 10.3 Å². The van der Waals surface area contributed by atoms with Crippen LogP contribution in [0.2, 0.25) is 0 Å². The maximum absolute atomic E-state index is 5.23. The number of rotatable bonds is 6. The highest BCUT2D eigenvalue weighted by Crippen LogP contribution is 2.36. The summed E-state index contributed by atoms with van der Waals surface area (Å²) in [5, 5.41) is 2.04. The lowest BCUT2D eigenvalue weighted by molar-refractivity contribution is 0.416. The molecule has 0 spiro atoms. The SMILES string of the molecule is CCCCc1ccc(C(Br)c2cc(OC)cs2)cc1. The summed E-state index contributed by atoms with van der Waals surface area (Å²) in [5.74, 6) is 0.934. The lowest BCUT2D eigenvalue weighted by atomic mass is 10.0. The van der Waals surface area contributed by atoms with Crippen LogP contribution in [0.5, 0.6) is 5.75 Å². The van der Waals surface area contributed by atoms with E-state index in [-0.39, 0.29) is 4.83 Å². The standard InChI is InChI=1S/C16H19BrOS/c1-3-4-5-12-6-8-13(9-7-12)16(17)15-10-14(18-2)11-19-15/h6-11,16H,3-5H2,1-2H3. The Morgan fingerprint density at radius 2 is 2.00 bits per heavy atom. The lowest BCUT2D eigenvalue weighted by Gasteiger charge is -2.09. The molecule has 1 nitrogen and oxygen atoms in total. The van der Waals surface area contributed by atoms with E-state index in [9.17, 15) is 0 Å². The minimum absolute atomic E-state index is 0.252. The summed E-state index contributed by atoms with van der Waals surface area (Å²) < 4.78 is 5.23. The molecule has 0 saturated heterocycles. The first-order valence-corrected chi connectivity index (χ1v) is 8.39. The summed E-state index contributed by atoms with van der Waals surface area (Å²) in [5.41, 5.74) is 2.72. The highest BCUT2D eigenvalue weighted by Gasteiger charge is 2.13. The topological polar surface area (TPSA) is 9.23 Å². The van der Waals surface area contributed by atoms with E-state index in [2.05, 4.69) is 53.2 Å². The molecule has 1 aromatic heterocycles. The molecule has 0 aliphatic rings. The van der Waals surface area contributed by atoms with Crippen molar-refractivity contribution in [3.63, 3.8) is 0 Å². The molecule has 19 heavy (non-hydrogen) atoms. The van der Waals surface area contributed by atoms with Crippen LogP contribution in [-0.2, 0) is 6.42 Å². The fraction of sp³-hybridized carbons (Fsp3) is 0.375. The quantitative estimate of drug-likeness (QED) is 0.624. The van der Waals surface area contributed by atoms with Gasteiger partial charge in [-0.1, -0.05) is 53.5 Å². The van der Waals surface area contributed by atoms with E-state index < -0.39 is 0 Å². The Kier molecular flexibility index (Phi) is 5.46. The highest BCUT2D eigenvalue weighted by atomic mass is 79.9. The average molecular weight is 339 g/mol. The van der Waals surface area contributed by atoms with Gasteiger partial charge >= 0.3 is 0 Å². The van der Waals surface area contributed by atoms with Crippen LogP contribution in [0.3, 0.4) is 0 Å². The molecule has 1 unspecified atom stereocenters. The third-order valence-electron chi connectivity index (χ3n) is 3.17. The molecule has 1 heterocycles. The molecule has 1 aromatic carbocycles. The van der Waals surface area contributed by atoms with Gasteiger partial charge in [0.2, 0.25) is 0 Å². The number of hydrogen-bond acceptors (Lipinski definition) is 2. The fourth-order valence-corrected chi connectivity index (χ4v) is 3.59. The van der Waals surface area contributed by atoms with Gasteiger partial charge in [0.25, 0.3) is 0 Å². The molecule has 0 radical (unpaired) electrons. The molecule has 0 aliphatic carbocycles. The number of halogens is 1. The van der Waals surface area contributed by atoms with E-state index in [0.29, 0.717) is 0 Å². The molecule has 0 saturated carbocycles. The molecule has 0 amide bonds. The van der Waals surface area contributed by atoms with Crippen LogP contribution in [0, 0.1) is 0 Å². The maximum atomic E-state index is 5.23. The fourth-order valence-electron chi connectivity index (χ4n) is 1.97. The van der Waals surface area contributed by atoms with E-state index in [4.69, 9.17) is 4.74 Å². The van der Waals surface area contributed by atoms with Gasteiger partial charge in [0.15, 0.2) is 0 Å². The number of ether oxygens (including phenoxy) is 1. The van der Waals surface area contributed by atoms with Gasteiger partial charge in [-0.05, 0) is 30.0 Å². The van der Waals surface area contributed by atoms with Crippen LogP contribution < -0.4 is 4.74 Å². The van der Waals surface area contributed by atoms with E-state index in [1.54, 1.807) is 18.4 Å². The van der Waals surface area contributed by atoms with Crippen LogP contribution in [0.4, 0.5) is 0 Å². The summed E-state index contributed by atoms with van der Waals surface area (Å²) in [6.07, 6.45) is 3.69. The molecule has 0 fully saturated rings. The number of benzene rings is 1. The molecule has 0 bridgehead atoms. The van der Waals surface area contributed by atoms with E-state index in [1.807, 2.05) is 5.38 Å². The average Bonchev–Trinajstić information content (AvgIpc) is 2.94.